The fourth-order valence-electron chi connectivity index (χ4n) is 2.39. The molecule has 0 aliphatic carbocycles. The molecule has 8 nitrogen and oxygen atoms in total. The molecule has 0 amide bonds. The van der Waals surface area contributed by atoms with Crippen LogP contribution in [-0.2, 0) is 13.0 Å². The molecule has 0 aliphatic heterocycles. The summed E-state index contributed by atoms with van der Waals surface area (Å²) in [5.74, 6) is 1.79. The van der Waals surface area contributed by atoms with Crippen LogP contribution in [0.5, 0.6) is 0 Å². The lowest BCUT2D eigenvalue weighted by Gasteiger charge is -1.96. The minimum atomic E-state index is 0.572. The van der Waals surface area contributed by atoms with Gasteiger partial charge in [-0.2, -0.15) is 9.78 Å². The van der Waals surface area contributed by atoms with Gasteiger partial charge in [0, 0.05) is 29.9 Å². The van der Waals surface area contributed by atoms with Crippen LogP contribution >= 0.6 is 0 Å². The zero-order valence-electron chi connectivity index (χ0n) is 13.4. The van der Waals surface area contributed by atoms with Gasteiger partial charge in [0.1, 0.15) is 0 Å². The Bertz CT molecular complexity index is 856. The third-order valence-corrected chi connectivity index (χ3v) is 3.64. The Kier molecular flexibility index (Phi) is 4.23. The molecule has 0 spiro atoms. The predicted molar refractivity (Wildman–Crippen MR) is 89.1 cm³/mol. The van der Waals surface area contributed by atoms with Gasteiger partial charge in [-0.25, -0.2) is 0 Å². The van der Waals surface area contributed by atoms with E-state index in [0.717, 1.165) is 17.5 Å². The zero-order valence-corrected chi connectivity index (χ0v) is 13.4. The van der Waals surface area contributed by atoms with Gasteiger partial charge < -0.3 is 4.52 Å². The summed E-state index contributed by atoms with van der Waals surface area (Å²) in [6, 6.07) is 13.5. The monoisotopic (exact) mass is 333 g/mol. The lowest BCUT2D eigenvalue weighted by atomic mass is 10.2. The molecule has 0 saturated heterocycles. The maximum atomic E-state index is 5.28. The highest BCUT2D eigenvalue weighted by Gasteiger charge is 2.09. The summed E-state index contributed by atoms with van der Waals surface area (Å²) < 4.78 is 5.28. The quantitative estimate of drug-likeness (QED) is 0.534. The molecule has 0 saturated carbocycles. The Morgan fingerprint density at radius 1 is 0.920 bits per heavy atom. The lowest BCUT2D eigenvalue weighted by molar-refractivity contribution is 0.368. The fourth-order valence-corrected chi connectivity index (χ4v) is 2.39. The van der Waals surface area contributed by atoms with Crippen LogP contribution in [0.4, 0.5) is 0 Å². The minimum absolute atomic E-state index is 0.572. The minimum Gasteiger partial charge on any atom is -0.339 e. The largest absolute Gasteiger partial charge is 0.339 e. The molecule has 0 radical (unpaired) electrons. The third-order valence-electron chi connectivity index (χ3n) is 3.64. The van der Waals surface area contributed by atoms with Crippen molar-refractivity contribution in [3.63, 3.8) is 0 Å². The number of aromatic nitrogens is 7. The molecule has 0 N–H and O–H groups in total. The van der Waals surface area contributed by atoms with Crippen LogP contribution in [0.25, 0.3) is 22.8 Å². The van der Waals surface area contributed by atoms with E-state index in [9.17, 15) is 0 Å². The highest BCUT2D eigenvalue weighted by atomic mass is 16.5. The van der Waals surface area contributed by atoms with Crippen LogP contribution < -0.4 is 0 Å². The average Bonchev–Trinajstić information content (AvgIpc) is 3.33. The van der Waals surface area contributed by atoms with Crippen molar-refractivity contribution in [1.29, 1.82) is 0 Å². The van der Waals surface area contributed by atoms with Gasteiger partial charge >= 0.3 is 0 Å². The normalized spacial score (nSPS) is 10.9. The molecule has 8 heteroatoms. The Hall–Kier alpha value is -3.42. The van der Waals surface area contributed by atoms with E-state index in [-0.39, 0.29) is 0 Å². The maximum absolute atomic E-state index is 5.28. The number of benzene rings is 1. The first-order valence-corrected chi connectivity index (χ1v) is 7.95. The first kappa shape index (κ1) is 15.1. The van der Waals surface area contributed by atoms with Crippen LogP contribution in [0.15, 0.2) is 59.4 Å². The summed E-state index contributed by atoms with van der Waals surface area (Å²) in [4.78, 5) is 9.95. The number of tetrazole rings is 1. The summed E-state index contributed by atoms with van der Waals surface area (Å²) in [5.41, 5.74) is 1.84. The fraction of sp³-hybridized carbons (Fsp3) is 0.176. The summed E-state index contributed by atoms with van der Waals surface area (Å²) in [6.45, 7) is 0.632. The molecule has 0 fully saturated rings. The van der Waals surface area contributed by atoms with E-state index in [2.05, 4.69) is 30.5 Å². The number of nitrogens with zero attached hydrogens (tertiary/aromatic N) is 7. The Labute approximate surface area is 143 Å². The van der Waals surface area contributed by atoms with Crippen molar-refractivity contribution in [2.45, 2.75) is 19.4 Å². The summed E-state index contributed by atoms with van der Waals surface area (Å²) in [7, 11) is 0. The Morgan fingerprint density at radius 2 is 1.72 bits per heavy atom. The van der Waals surface area contributed by atoms with E-state index >= 15 is 0 Å². The Balaban J connectivity index is 1.34. The highest BCUT2D eigenvalue weighted by molar-refractivity contribution is 5.53. The number of aryl methyl sites for hydroxylation is 2. The molecule has 124 valence electrons. The second-order valence-corrected chi connectivity index (χ2v) is 5.43. The van der Waals surface area contributed by atoms with E-state index in [1.54, 1.807) is 17.2 Å². The molecule has 3 aromatic heterocycles. The maximum Gasteiger partial charge on any atom is 0.227 e. The molecule has 1 aromatic carbocycles. The van der Waals surface area contributed by atoms with E-state index in [4.69, 9.17) is 4.52 Å². The molecule has 4 rings (SSSR count). The van der Waals surface area contributed by atoms with E-state index < -0.39 is 0 Å². The molecule has 0 bridgehead atoms. The molecule has 25 heavy (non-hydrogen) atoms. The van der Waals surface area contributed by atoms with Crippen LogP contribution in [0.2, 0.25) is 0 Å². The smallest absolute Gasteiger partial charge is 0.227 e. The van der Waals surface area contributed by atoms with Crippen molar-refractivity contribution in [3.05, 3.63) is 60.7 Å². The molecule has 0 aliphatic rings. The van der Waals surface area contributed by atoms with Crippen LogP contribution in [0.3, 0.4) is 0 Å². The standard InChI is InChI=1S/C17H15N7O/c1-2-5-13(6-3-1)17-20-23-24(21-17)12-4-7-15-19-16(22-25-15)14-8-10-18-11-9-14/h1-3,5-6,8-11H,4,7,12H2. The number of hydrogen-bond acceptors (Lipinski definition) is 7. The van der Waals surface area contributed by atoms with Crippen molar-refractivity contribution in [3.8, 4) is 22.8 Å². The van der Waals surface area contributed by atoms with Crippen LogP contribution in [0.1, 0.15) is 12.3 Å². The van der Waals surface area contributed by atoms with Crippen molar-refractivity contribution in [1.82, 2.24) is 35.3 Å². The van der Waals surface area contributed by atoms with Crippen molar-refractivity contribution in [2.24, 2.45) is 0 Å². The molecule has 4 aromatic rings. The highest BCUT2D eigenvalue weighted by Crippen LogP contribution is 2.15. The molecular weight excluding hydrogens is 318 g/mol. The van der Waals surface area contributed by atoms with Crippen molar-refractivity contribution in [2.75, 3.05) is 0 Å². The number of hydrogen-bond donors (Lipinski definition) is 0. The van der Waals surface area contributed by atoms with Gasteiger partial charge in [0.2, 0.25) is 17.5 Å². The van der Waals surface area contributed by atoms with Crippen molar-refractivity contribution < 1.29 is 4.52 Å². The van der Waals surface area contributed by atoms with Gasteiger partial charge in [-0.3, -0.25) is 4.98 Å². The zero-order chi connectivity index (χ0) is 16.9. The second kappa shape index (κ2) is 7.00. The second-order valence-electron chi connectivity index (χ2n) is 5.43. The Morgan fingerprint density at radius 3 is 2.56 bits per heavy atom. The van der Waals surface area contributed by atoms with E-state index in [0.29, 0.717) is 30.5 Å². The first-order chi connectivity index (χ1) is 12.4. The molecule has 0 atom stereocenters. The third kappa shape index (κ3) is 3.57. The van der Waals surface area contributed by atoms with Gasteiger partial charge in [-0.1, -0.05) is 35.5 Å². The van der Waals surface area contributed by atoms with Gasteiger partial charge in [0.05, 0.1) is 6.54 Å². The summed E-state index contributed by atoms with van der Waals surface area (Å²) in [5, 5.41) is 16.5. The topological polar surface area (TPSA) is 95.4 Å². The molecule has 0 unspecified atom stereocenters. The van der Waals surface area contributed by atoms with Crippen LogP contribution in [-0.4, -0.2) is 35.3 Å². The molecule has 3 heterocycles. The average molecular weight is 333 g/mol. The van der Waals surface area contributed by atoms with E-state index in [1.165, 1.54) is 0 Å². The van der Waals surface area contributed by atoms with Gasteiger partial charge in [0.25, 0.3) is 0 Å². The summed E-state index contributed by atoms with van der Waals surface area (Å²) in [6.07, 6.45) is 4.83. The summed E-state index contributed by atoms with van der Waals surface area (Å²) >= 11 is 0. The lowest BCUT2D eigenvalue weighted by Crippen LogP contribution is -2.04. The first-order valence-electron chi connectivity index (χ1n) is 7.95. The SMILES string of the molecule is c1ccc(-c2nnn(CCCc3nc(-c4ccncc4)no3)n2)cc1. The number of rotatable bonds is 6. The number of pyridine rings is 1. The van der Waals surface area contributed by atoms with Gasteiger partial charge in [-0.05, 0) is 23.8 Å². The van der Waals surface area contributed by atoms with Crippen LogP contribution in [0, 0.1) is 0 Å². The van der Waals surface area contributed by atoms with Crippen molar-refractivity contribution >= 4 is 0 Å². The van der Waals surface area contributed by atoms with Gasteiger partial charge in [-0.15, -0.1) is 10.2 Å². The van der Waals surface area contributed by atoms with E-state index in [1.807, 2.05) is 42.5 Å². The predicted octanol–water partition coefficient (Wildman–Crippen LogP) is 2.42. The van der Waals surface area contributed by atoms with Gasteiger partial charge in [0.15, 0.2) is 0 Å². The molecular formula is C17H15N7O.